The molecule has 0 saturated heterocycles. The molecule has 0 spiro atoms. The van der Waals surface area contributed by atoms with Crippen molar-refractivity contribution < 1.29 is 27.8 Å². The van der Waals surface area contributed by atoms with E-state index in [4.69, 9.17) is 4.74 Å². The highest BCUT2D eigenvalue weighted by atomic mass is 32.2. The van der Waals surface area contributed by atoms with Gasteiger partial charge in [-0.1, -0.05) is 0 Å². The highest BCUT2D eigenvalue weighted by Gasteiger charge is 2.21. The van der Waals surface area contributed by atoms with E-state index < -0.39 is 29.2 Å². The van der Waals surface area contributed by atoms with Crippen molar-refractivity contribution in [1.29, 1.82) is 0 Å². The zero-order chi connectivity index (χ0) is 16.9. The van der Waals surface area contributed by atoms with Gasteiger partial charge >= 0.3 is 11.9 Å². The number of esters is 2. The topological polar surface area (TPSA) is 52.6 Å². The lowest BCUT2D eigenvalue weighted by atomic mass is 10.1. The molecule has 22 heavy (non-hydrogen) atoms. The lowest BCUT2D eigenvalue weighted by molar-refractivity contribution is -0.139. The largest absolute Gasteiger partial charge is 0.465 e. The molecule has 0 aliphatic heterocycles. The number of thioether (sulfide) groups is 1. The van der Waals surface area contributed by atoms with Crippen LogP contribution in [0.3, 0.4) is 0 Å². The van der Waals surface area contributed by atoms with Crippen molar-refractivity contribution in [2.75, 3.05) is 12.4 Å². The van der Waals surface area contributed by atoms with Crippen LogP contribution < -0.4 is 0 Å². The standard InChI is InChI=1S/C15H18F2O4S/c1-5-20-12(18)8-22-13-10(16)6-9(7-11(13)17)14(19)21-15(2,3)4/h6-7H,5,8H2,1-4H3. The van der Waals surface area contributed by atoms with Gasteiger partial charge < -0.3 is 9.47 Å². The Morgan fingerprint density at radius 2 is 1.73 bits per heavy atom. The van der Waals surface area contributed by atoms with Gasteiger partial charge in [0, 0.05) is 0 Å². The van der Waals surface area contributed by atoms with E-state index >= 15 is 0 Å². The molecule has 1 aromatic carbocycles. The third-order valence-corrected chi connectivity index (χ3v) is 3.33. The summed E-state index contributed by atoms with van der Waals surface area (Å²) in [6.07, 6.45) is 0. The number of rotatable bonds is 5. The maximum Gasteiger partial charge on any atom is 0.338 e. The van der Waals surface area contributed by atoms with Gasteiger partial charge in [0.15, 0.2) is 0 Å². The fourth-order valence-electron chi connectivity index (χ4n) is 1.49. The van der Waals surface area contributed by atoms with Gasteiger partial charge in [0.1, 0.15) is 17.2 Å². The van der Waals surface area contributed by atoms with E-state index in [-0.39, 0.29) is 22.8 Å². The summed E-state index contributed by atoms with van der Waals surface area (Å²) >= 11 is 0.679. The number of ether oxygens (including phenoxy) is 2. The molecule has 0 aliphatic carbocycles. The van der Waals surface area contributed by atoms with Crippen LogP contribution in [0.1, 0.15) is 38.1 Å². The highest BCUT2D eigenvalue weighted by Crippen LogP contribution is 2.27. The number of hydrogen-bond donors (Lipinski definition) is 0. The van der Waals surface area contributed by atoms with Crippen LogP contribution in [0.2, 0.25) is 0 Å². The molecule has 0 aliphatic rings. The quantitative estimate of drug-likeness (QED) is 0.609. The predicted molar refractivity (Wildman–Crippen MR) is 78.9 cm³/mol. The minimum Gasteiger partial charge on any atom is -0.465 e. The Morgan fingerprint density at radius 1 is 1.18 bits per heavy atom. The second-order valence-corrected chi connectivity index (χ2v) is 6.35. The monoisotopic (exact) mass is 332 g/mol. The molecule has 122 valence electrons. The molecule has 0 saturated carbocycles. The Morgan fingerprint density at radius 3 is 2.18 bits per heavy atom. The lowest BCUT2D eigenvalue weighted by Crippen LogP contribution is -2.24. The maximum absolute atomic E-state index is 13.9. The Kier molecular flexibility index (Phi) is 6.34. The average molecular weight is 332 g/mol. The summed E-state index contributed by atoms with van der Waals surface area (Å²) in [5.74, 6) is -3.44. The summed E-state index contributed by atoms with van der Waals surface area (Å²) in [6.45, 7) is 6.80. The van der Waals surface area contributed by atoms with Crippen molar-refractivity contribution in [2.45, 2.75) is 38.2 Å². The van der Waals surface area contributed by atoms with Crippen LogP contribution in [0, 0.1) is 11.6 Å². The smallest absolute Gasteiger partial charge is 0.338 e. The van der Waals surface area contributed by atoms with Gasteiger partial charge in [-0.25, -0.2) is 13.6 Å². The first kappa shape index (κ1) is 18.4. The maximum atomic E-state index is 13.9. The molecule has 0 atom stereocenters. The average Bonchev–Trinajstić information content (AvgIpc) is 2.35. The van der Waals surface area contributed by atoms with Gasteiger partial charge in [-0.05, 0) is 39.8 Å². The lowest BCUT2D eigenvalue weighted by Gasteiger charge is -2.19. The molecule has 1 aromatic rings. The summed E-state index contributed by atoms with van der Waals surface area (Å²) in [6, 6.07) is 1.79. The Hall–Kier alpha value is -1.63. The van der Waals surface area contributed by atoms with Crippen LogP contribution in [0.15, 0.2) is 17.0 Å². The van der Waals surface area contributed by atoms with E-state index in [0.717, 1.165) is 12.1 Å². The summed E-state index contributed by atoms with van der Waals surface area (Å²) in [5, 5.41) is 0. The first-order valence-electron chi connectivity index (χ1n) is 6.65. The van der Waals surface area contributed by atoms with Crippen LogP contribution in [0.4, 0.5) is 8.78 Å². The number of carbonyl (C=O) groups is 2. The number of benzene rings is 1. The van der Waals surface area contributed by atoms with Crippen molar-refractivity contribution in [1.82, 2.24) is 0 Å². The predicted octanol–water partition coefficient (Wildman–Crippen LogP) is 3.58. The van der Waals surface area contributed by atoms with E-state index in [9.17, 15) is 18.4 Å². The molecular formula is C15H18F2O4S. The van der Waals surface area contributed by atoms with Crippen molar-refractivity contribution in [2.24, 2.45) is 0 Å². The SMILES string of the molecule is CCOC(=O)CSc1c(F)cc(C(=O)OC(C)(C)C)cc1F. The van der Waals surface area contributed by atoms with Crippen LogP contribution in [-0.4, -0.2) is 29.9 Å². The second-order valence-electron chi connectivity index (χ2n) is 5.36. The van der Waals surface area contributed by atoms with Crippen LogP contribution in [0.25, 0.3) is 0 Å². The summed E-state index contributed by atoms with van der Waals surface area (Å²) in [5.41, 5.74) is -0.980. The van der Waals surface area contributed by atoms with E-state index in [1.54, 1.807) is 27.7 Å². The van der Waals surface area contributed by atoms with E-state index in [1.807, 2.05) is 0 Å². The fraction of sp³-hybridized carbons (Fsp3) is 0.467. The molecular weight excluding hydrogens is 314 g/mol. The van der Waals surface area contributed by atoms with Crippen molar-refractivity contribution in [3.05, 3.63) is 29.3 Å². The van der Waals surface area contributed by atoms with E-state index in [2.05, 4.69) is 4.74 Å². The molecule has 4 nitrogen and oxygen atoms in total. The zero-order valence-corrected chi connectivity index (χ0v) is 13.7. The van der Waals surface area contributed by atoms with Gasteiger partial charge in [0.05, 0.1) is 22.8 Å². The molecule has 7 heteroatoms. The Balaban J connectivity index is 2.88. The molecule has 1 rings (SSSR count). The molecule has 0 radical (unpaired) electrons. The van der Waals surface area contributed by atoms with Crippen LogP contribution in [0.5, 0.6) is 0 Å². The first-order valence-corrected chi connectivity index (χ1v) is 7.63. The number of halogens is 2. The minimum atomic E-state index is -0.921. The fourth-order valence-corrected chi connectivity index (χ4v) is 2.23. The zero-order valence-electron chi connectivity index (χ0n) is 12.9. The third-order valence-electron chi connectivity index (χ3n) is 2.27. The first-order chi connectivity index (χ1) is 10.1. The van der Waals surface area contributed by atoms with Crippen molar-refractivity contribution in [3.8, 4) is 0 Å². The second kappa shape index (κ2) is 7.58. The van der Waals surface area contributed by atoms with Crippen LogP contribution in [-0.2, 0) is 14.3 Å². The third kappa shape index (κ3) is 5.63. The highest BCUT2D eigenvalue weighted by molar-refractivity contribution is 8.00. The molecule has 0 heterocycles. The molecule has 0 N–H and O–H groups in total. The van der Waals surface area contributed by atoms with Gasteiger partial charge in [-0.2, -0.15) is 0 Å². The van der Waals surface area contributed by atoms with Crippen molar-refractivity contribution >= 4 is 23.7 Å². The molecule has 0 fully saturated rings. The Labute approximate surface area is 132 Å². The summed E-state index contributed by atoms with van der Waals surface area (Å²) in [7, 11) is 0. The van der Waals surface area contributed by atoms with Gasteiger partial charge in [0.2, 0.25) is 0 Å². The minimum absolute atomic E-state index is 0.196. The van der Waals surface area contributed by atoms with Crippen LogP contribution >= 0.6 is 11.8 Å². The molecule has 0 unspecified atom stereocenters. The van der Waals surface area contributed by atoms with E-state index in [1.165, 1.54) is 0 Å². The van der Waals surface area contributed by atoms with Gasteiger partial charge in [-0.15, -0.1) is 11.8 Å². The van der Waals surface area contributed by atoms with Crippen molar-refractivity contribution in [3.63, 3.8) is 0 Å². The molecule has 0 bridgehead atoms. The Bertz CT molecular complexity index is 544. The van der Waals surface area contributed by atoms with Gasteiger partial charge in [-0.3, -0.25) is 4.79 Å². The summed E-state index contributed by atoms with van der Waals surface area (Å²) < 4.78 is 37.6. The summed E-state index contributed by atoms with van der Waals surface area (Å²) in [4.78, 5) is 22.7. The normalized spacial score (nSPS) is 11.2. The molecule has 0 amide bonds. The van der Waals surface area contributed by atoms with E-state index in [0.29, 0.717) is 11.8 Å². The number of hydrogen-bond acceptors (Lipinski definition) is 5. The van der Waals surface area contributed by atoms with Gasteiger partial charge in [0.25, 0.3) is 0 Å². The number of carbonyl (C=O) groups excluding carboxylic acids is 2. The molecule has 0 aromatic heterocycles.